The van der Waals surface area contributed by atoms with Gasteiger partial charge in [0, 0.05) is 25.2 Å². The molecule has 1 saturated heterocycles. The Balaban J connectivity index is 0.00000341. The number of hydrogen-bond acceptors (Lipinski definition) is 3. The lowest BCUT2D eigenvalue weighted by Gasteiger charge is -2.26. The Hall–Kier alpha value is -2.29. The summed E-state index contributed by atoms with van der Waals surface area (Å²) in [6, 6.07) is 17.6. The van der Waals surface area contributed by atoms with Gasteiger partial charge >= 0.3 is 0 Å². The molecule has 0 atom stereocenters. The van der Waals surface area contributed by atoms with E-state index in [1.807, 2.05) is 66.4 Å². The third-order valence-electron chi connectivity index (χ3n) is 5.01. The predicted molar refractivity (Wildman–Crippen MR) is 136 cm³/mol. The number of amides is 1. The van der Waals surface area contributed by atoms with Gasteiger partial charge in [-0.2, -0.15) is 0 Å². The Labute approximate surface area is 202 Å². The molecular weight excluding hydrogens is 503 g/mol. The van der Waals surface area contributed by atoms with Crippen LogP contribution >= 0.6 is 24.0 Å². The molecule has 168 valence electrons. The van der Waals surface area contributed by atoms with Gasteiger partial charge in [-0.05, 0) is 56.0 Å². The van der Waals surface area contributed by atoms with Crippen molar-refractivity contribution in [3.63, 3.8) is 0 Å². The minimum atomic E-state index is 0. The molecule has 0 aromatic heterocycles. The molecule has 1 heterocycles. The van der Waals surface area contributed by atoms with E-state index in [4.69, 9.17) is 4.74 Å². The Morgan fingerprint density at radius 2 is 1.71 bits per heavy atom. The number of guanidine groups is 1. The van der Waals surface area contributed by atoms with Gasteiger partial charge in [-0.3, -0.25) is 4.79 Å². The van der Waals surface area contributed by atoms with E-state index in [2.05, 4.69) is 15.6 Å². The van der Waals surface area contributed by atoms with E-state index >= 15 is 0 Å². The summed E-state index contributed by atoms with van der Waals surface area (Å²) >= 11 is 0. The number of nitrogens with zero attached hydrogens (tertiary/aromatic N) is 2. The molecule has 0 aliphatic carbocycles. The van der Waals surface area contributed by atoms with Crippen molar-refractivity contribution in [3.05, 3.63) is 65.7 Å². The van der Waals surface area contributed by atoms with Crippen molar-refractivity contribution < 1.29 is 9.53 Å². The first-order valence-electron chi connectivity index (χ1n) is 10.8. The minimum Gasteiger partial charge on any atom is -0.492 e. The van der Waals surface area contributed by atoms with Crippen LogP contribution in [0.1, 0.15) is 42.1 Å². The fourth-order valence-electron chi connectivity index (χ4n) is 3.40. The van der Waals surface area contributed by atoms with Crippen LogP contribution in [-0.2, 0) is 6.54 Å². The number of piperidine rings is 1. The molecule has 0 bridgehead atoms. The van der Waals surface area contributed by atoms with Gasteiger partial charge in [0.1, 0.15) is 12.4 Å². The van der Waals surface area contributed by atoms with Crippen molar-refractivity contribution in [2.24, 2.45) is 4.99 Å². The highest BCUT2D eigenvalue weighted by molar-refractivity contribution is 14.0. The summed E-state index contributed by atoms with van der Waals surface area (Å²) in [4.78, 5) is 19.2. The number of halogens is 1. The highest BCUT2D eigenvalue weighted by Gasteiger charge is 2.17. The van der Waals surface area contributed by atoms with Crippen LogP contribution in [0.3, 0.4) is 0 Å². The SMILES string of the molecule is CCNC(=NCc1ccc(C(=O)N2CCCCC2)cc1)NCCOc1ccccc1.I. The zero-order chi connectivity index (χ0) is 21.0. The molecule has 0 unspecified atom stereocenters. The Kier molecular flexibility index (Phi) is 11.2. The molecule has 6 nitrogen and oxygen atoms in total. The molecule has 31 heavy (non-hydrogen) atoms. The molecule has 2 aromatic carbocycles. The molecule has 1 amide bonds. The second-order valence-corrected chi connectivity index (χ2v) is 7.33. The van der Waals surface area contributed by atoms with Gasteiger partial charge < -0.3 is 20.3 Å². The molecule has 7 heteroatoms. The first-order valence-corrected chi connectivity index (χ1v) is 10.8. The molecule has 1 fully saturated rings. The summed E-state index contributed by atoms with van der Waals surface area (Å²) in [6.07, 6.45) is 3.44. The molecule has 0 saturated carbocycles. The summed E-state index contributed by atoms with van der Waals surface area (Å²) in [5.41, 5.74) is 1.83. The number of rotatable bonds is 8. The van der Waals surface area contributed by atoms with Crippen molar-refractivity contribution in [1.82, 2.24) is 15.5 Å². The van der Waals surface area contributed by atoms with Crippen LogP contribution < -0.4 is 15.4 Å². The molecule has 2 N–H and O–H groups in total. The summed E-state index contributed by atoms with van der Waals surface area (Å²) in [7, 11) is 0. The van der Waals surface area contributed by atoms with Crippen LogP contribution in [-0.4, -0.2) is 49.6 Å². The zero-order valence-corrected chi connectivity index (χ0v) is 20.5. The number of carbonyl (C=O) groups excluding carboxylic acids is 1. The van der Waals surface area contributed by atoms with Gasteiger partial charge in [-0.1, -0.05) is 30.3 Å². The molecule has 1 aliphatic rings. The molecule has 0 radical (unpaired) electrons. The van der Waals surface area contributed by atoms with Gasteiger partial charge in [-0.15, -0.1) is 24.0 Å². The largest absolute Gasteiger partial charge is 0.492 e. The molecule has 1 aliphatic heterocycles. The maximum Gasteiger partial charge on any atom is 0.253 e. The average molecular weight is 536 g/mol. The number of carbonyl (C=O) groups is 1. The van der Waals surface area contributed by atoms with Gasteiger partial charge in [0.2, 0.25) is 0 Å². The van der Waals surface area contributed by atoms with Crippen LogP contribution in [0.5, 0.6) is 5.75 Å². The standard InChI is InChI=1S/C24H32N4O2.HI/c1-2-25-24(26-15-18-30-22-9-5-3-6-10-22)27-19-20-11-13-21(14-12-20)23(29)28-16-7-4-8-17-28;/h3,5-6,9-14H,2,4,7-8,15-19H2,1H3,(H2,25,26,27);1H. The number of ether oxygens (including phenoxy) is 1. The van der Waals surface area contributed by atoms with Crippen molar-refractivity contribution in [2.45, 2.75) is 32.7 Å². The summed E-state index contributed by atoms with van der Waals surface area (Å²) in [5, 5.41) is 6.53. The lowest BCUT2D eigenvalue weighted by Crippen LogP contribution is -2.39. The van der Waals surface area contributed by atoms with Crippen LogP contribution in [0, 0.1) is 0 Å². The smallest absolute Gasteiger partial charge is 0.253 e. The van der Waals surface area contributed by atoms with Crippen molar-refractivity contribution in [2.75, 3.05) is 32.8 Å². The maximum atomic E-state index is 12.6. The minimum absolute atomic E-state index is 0. The first-order chi connectivity index (χ1) is 14.8. The van der Waals surface area contributed by atoms with E-state index in [0.29, 0.717) is 19.7 Å². The molecular formula is C24H33IN4O2. The van der Waals surface area contributed by atoms with Crippen LogP contribution in [0.4, 0.5) is 0 Å². The molecule has 2 aromatic rings. The van der Waals surface area contributed by atoms with Crippen molar-refractivity contribution in [3.8, 4) is 5.75 Å². The van der Waals surface area contributed by atoms with Gasteiger partial charge in [0.25, 0.3) is 5.91 Å². The van der Waals surface area contributed by atoms with Crippen LogP contribution in [0.15, 0.2) is 59.6 Å². The number of nitrogens with one attached hydrogen (secondary N) is 2. The summed E-state index contributed by atoms with van der Waals surface area (Å²) in [6.45, 7) is 6.33. The predicted octanol–water partition coefficient (Wildman–Crippen LogP) is 4.06. The third kappa shape index (κ3) is 8.40. The Morgan fingerprint density at radius 3 is 2.39 bits per heavy atom. The number of likely N-dealkylation sites (tertiary alicyclic amines) is 1. The lowest BCUT2D eigenvalue weighted by atomic mass is 10.1. The average Bonchev–Trinajstić information content (AvgIpc) is 2.81. The number of hydrogen-bond donors (Lipinski definition) is 2. The van der Waals surface area contributed by atoms with Crippen molar-refractivity contribution >= 4 is 35.8 Å². The normalized spacial score (nSPS) is 13.8. The zero-order valence-electron chi connectivity index (χ0n) is 18.2. The highest BCUT2D eigenvalue weighted by atomic mass is 127. The topological polar surface area (TPSA) is 66.0 Å². The quantitative estimate of drug-likeness (QED) is 0.231. The number of para-hydroxylation sites is 1. The van der Waals surface area contributed by atoms with Crippen molar-refractivity contribution in [1.29, 1.82) is 0 Å². The van der Waals surface area contributed by atoms with Gasteiger partial charge in [0.05, 0.1) is 13.1 Å². The fourth-order valence-corrected chi connectivity index (χ4v) is 3.40. The first kappa shape index (κ1) is 25.0. The fraction of sp³-hybridized carbons (Fsp3) is 0.417. The second kappa shape index (κ2) is 13.9. The van der Waals surface area contributed by atoms with E-state index in [-0.39, 0.29) is 29.9 Å². The second-order valence-electron chi connectivity index (χ2n) is 7.33. The highest BCUT2D eigenvalue weighted by Crippen LogP contribution is 2.14. The van der Waals surface area contributed by atoms with Gasteiger partial charge in [-0.25, -0.2) is 4.99 Å². The van der Waals surface area contributed by atoms with E-state index in [0.717, 1.165) is 55.3 Å². The molecule has 3 rings (SSSR count). The number of aliphatic imine (C=N–C) groups is 1. The van der Waals surface area contributed by atoms with E-state index in [9.17, 15) is 4.79 Å². The third-order valence-corrected chi connectivity index (χ3v) is 5.01. The van der Waals surface area contributed by atoms with Crippen LogP contribution in [0.2, 0.25) is 0 Å². The monoisotopic (exact) mass is 536 g/mol. The lowest BCUT2D eigenvalue weighted by molar-refractivity contribution is 0.0724. The maximum absolute atomic E-state index is 12.6. The Bertz CT molecular complexity index is 806. The Morgan fingerprint density at radius 1 is 1.00 bits per heavy atom. The van der Waals surface area contributed by atoms with Crippen LogP contribution in [0.25, 0.3) is 0 Å². The summed E-state index contributed by atoms with van der Waals surface area (Å²) in [5.74, 6) is 1.75. The summed E-state index contributed by atoms with van der Waals surface area (Å²) < 4.78 is 5.70. The van der Waals surface area contributed by atoms with Gasteiger partial charge in [0.15, 0.2) is 5.96 Å². The van der Waals surface area contributed by atoms with E-state index < -0.39 is 0 Å². The number of benzene rings is 2. The van der Waals surface area contributed by atoms with E-state index in [1.54, 1.807) is 0 Å². The molecule has 0 spiro atoms. The van der Waals surface area contributed by atoms with E-state index in [1.165, 1.54) is 6.42 Å².